The molecule has 1 atom stereocenters. The molecule has 5 nitrogen and oxygen atoms in total. The van der Waals surface area contributed by atoms with Crippen LogP contribution in [0.25, 0.3) is 0 Å². The van der Waals surface area contributed by atoms with E-state index in [0.717, 1.165) is 0 Å². The van der Waals surface area contributed by atoms with Crippen LogP contribution in [0.3, 0.4) is 0 Å². The Bertz CT molecular complexity index is 319. The van der Waals surface area contributed by atoms with Crippen LogP contribution in [0, 0.1) is 0 Å². The van der Waals surface area contributed by atoms with Gasteiger partial charge in [-0.2, -0.15) is 0 Å². The Morgan fingerprint density at radius 2 is 1.70 bits per heavy atom. The van der Waals surface area contributed by atoms with E-state index < -0.39 is 20.0 Å². The number of ether oxygens (including phenoxy) is 1. The molecular formula is C14H32N2O3Si. The maximum atomic E-state index is 11.5. The summed E-state index contributed by atoms with van der Waals surface area (Å²) in [6, 6.07) is -0.225. The highest BCUT2D eigenvalue weighted by molar-refractivity contribution is 6.74. The first-order valence-electron chi connectivity index (χ1n) is 7.11. The zero-order valence-corrected chi connectivity index (χ0v) is 15.3. The van der Waals surface area contributed by atoms with Gasteiger partial charge < -0.3 is 20.2 Å². The van der Waals surface area contributed by atoms with E-state index in [-0.39, 0.29) is 11.1 Å². The largest absolute Gasteiger partial charge is 0.444 e. The standard InChI is InChI=1S/C14H32N2O3Si/c1-13(2,3)19-12(17)16-9-11(15)10-18-20(7,8)14(4,5)6/h11H,9-10,15H2,1-8H3,(H,16,17)/t11-/m0/s1. The van der Waals surface area contributed by atoms with Crippen LogP contribution in [-0.4, -0.2) is 39.2 Å². The number of carbonyl (C=O) groups excluding carboxylic acids is 1. The van der Waals surface area contributed by atoms with E-state index in [1.807, 2.05) is 20.8 Å². The second kappa shape index (κ2) is 6.91. The fourth-order valence-electron chi connectivity index (χ4n) is 1.12. The lowest BCUT2D eigenvalue weighted by atomic mass is 10.2. The molecule has 0 rings (SSSR count). The minimum atomic E-state index is -1.79. The third-order valence-corrected chi connectivity index (χ3v) is 7.87. The average molecular weight is 305 g/mol. The first-order chi connectivity index (χ1) is 8.74. The SMILES string of the molecule is CC(C)(C)OC(=O)NC[C@H](N)CO[Si](C)(C)C(C)(C)C. The Morgan fingerprint density at radius 1 is 1.20 bits per heavy atom. The Kier molecular flexibility index (Phi) is 6.71. The highest BCUT2D eigenvalue weighted by Gasteiger charge is 2.37. The van der Waals surface area contributed by atoms with Crippen molar-refractivity contribution in [2.24, 2.45) is 5.73 Å². The van der Waals surface area contributed by atoms with Gasteiger partial charge in [-0.3, -0.25) is 0 Å². The van der Waals surface area contributed by atoms with Crippen LogP contribution in [0.4, 0.5) is 4.79 Å². The van der Waals surface area contributed by atoms with Gasteiger partial charge in [0.15, 0.2) is 8.32 Å². The molecule has 0 radical (unpaired) electrons. The molecule has 3 N–H and O–H groups in total. The van der Waals surface area contributed by atoms with Gasteiger partial charge in [0.25, 0.3) is 0 Å². The minimum Gasteiger partial charge on any atom is -0.444 e. The average Bonchev–Trinajstić information content (AvgIpc) is 2.19. The summed E-state index contributed by atoms with van der Waals surface area (Å²) in [5.41, 5.74) is 5.47. The number of hydrogen-bond acceptors (Lipinski definition) is 4. The van der Waals surface area contributed by atoms with Crippen LogP contribution < -0.4 is 11.1 Å². The Balaban J connectivity index is 4.08. The van der Waals surface area contributed by atoms with Gasteiger partial charge in [0.2, 0.25) is 0 Å². The number of carbonyl (C=O) groups is 1. The summed E-state index contributed by atoms with van der Waals surface area (Å²) in [6.07, 6.45) is -0.444. The van der Waals surface area contributed by atoms with Crippen molar-refractivity contribution in [3.8, 4) is 0 Å². The molecule has 0 aromatic heterocycles. The summed E-state index contributed by atoms with van der Waals surface area (Å²) in [7, 11) is -1.79. The normalized spacial score (nSPS) is 14.8. The van der Waals surface area contributed by atoms with E-state index in [4.69, 9.17) is 14.9 Å². The summed E-state index contributed by atoms with van der Waals surface area (Å²) in [4.78, 5) is 11.5. The van der Waals surface area contributed by atoms with E-state index in [0.29, 0.717) is 13.2 Å². The van der Waals surface area contributed by atoms with Gasteiger partial charge >= 0.3 is 6.09 Å². The van der Waals surface area contributed by atoms with Crippen LogP contribution >= 0.6 is 0 Å². The van der Waals surface area contributed by atoms with Crippen LogP contribution in [0.2, 0.25) is 18.1 Å². The highest BCUT2D eigenvalue weighted by Crippen LogP contribution is 2.36. The summed E-state index contributed by atoms with van der Waals surface area (Å²) in [5, 5.41) is 2.82. The number of hydrogen-bond donors (Lipinski definition) is 2. The van der Waals surface area contributed by atoms with Gasteiger partial charge in [0, 0.05) is 12.6 Å². The number of amides is 1. The van der Waals surface area contributed by atoms with Crippen LogP contribution in [0.5, 0.6) is 0 Å². The van der Waals surface area contributed by atoms with Crippen molar-refractivity contribution >= 4 is 14.4 Å². The molecule has 0 unspecified atom stereocenters. The van der Waals surface area contributed by atoms with Crippen LogP contribution in [0.1, 0.15) is 41.5 Å². The maximum Gasteiger partial charge on any atom is 0.407 e. The molecule has 0 saturated carbocycles. The van der Waals surface area contributed by atoms with Crippen molar-refractivity contribution < 1.29 is 14.0 Å². The van der Waals surface area contributed by atoms with Gasteiger partial charge in [0.1, 0.15) is 5.60 Å². The second-order valence-electron chi connectivity index (χ2n) is 7.71. The molecule has 0 aliphatic carbocycles. The van der Waals surface area contributed by atoms with Crippen LogP contribution in [-0.2, 0) is 9.16 Å². The van der Waals surface area contributed by atoms with E-state index in [2.05, 4.69) is 39.2 Å². The molecule has 0 heterocycles. The Morgan fingerprint density at radius 3 is 2.10 bits per heavy atom. The van der Waals surface area contributed by atoms with Gasteiger partial charge in [0.05, 0.1) is 6.61 Å². The topological polar surface area (TPSA) is 73.6 Å². The molecule has 1 amide bonds. The molecule has 0 aromatic rings. The third kappa shape index (κ3) is 7.87. The summed E-state index contributed by atoms with van der Waals surface area (Å²) in [5.74, 6) is 0. The minimum absolute atomic E-state index is 0.158. The molecule has 6 heteroatoms. The van der Waals surface area contributed by atoms with E-state index >= 15 is 0 Å². The molecule has 0 fully saturated rings. The summed E-state index contributed by atoms with van der Waals surface area (Å²) < 4.78 is 11.2. The molecular weight excluding hydrogens is 272 g/mol. The smallest absolute Gasteiger partial charge is 0.407 e. The zero-order chi connectivity index (χ0) is 16.2. The Labute approximate surface area is 124 Å². The molecule has 120 valence electrons. The molecule has 0 aliphatic heterocycles. The van der Waals surface area contributed by atoms with Crippen LogP contribution in [0.15, 0.2) is 0 Å². The molecule has 0 aliphatic rings. The molecule has 0 bridgehead atoms. The number of rotatable bonds is 5. The quantitative estimate of drug-likeness (QED) is 0.766. The first-order valence-corrected chi connectivity index (χ1v) is 10.0. The number of alkyl carbamates (subject to hydrolysis) is 1. The lowest BCUT2D eigenvalue weighted by molar-refractivity contribution is 0.0521. The number of nitrogens with one attached hydrogen (secondary N) is 1. The predicted octanol–water partition coefficient (Wildman–Crippen LogP) is 2.86. The predicted molar refractivity (Wildman–Crippen MR) is 85.4 cm³/mol. The monoisotopic (exact) mass is 304 g/mol. The molecule has 0 saturated heterocycles. The number of nitrogens with two attached hydrogens (primary N) is 1. The van der Waals surface area contributed by atoms with E-state index in [1.165, 1.54) is 0 Å². The second-order valence-corrected chi connectivity index (χ2v) is 12.5. The Hall–Kier alpha value is -0.593. The lowest BCUT2D eigenvalue weighted by Crippen LogP contribution is -2.47. The maximum absolute atomic E-state index is 11.5. The van der Waals surface area contributed by atoms with Gasteiger partial charge in [-0.05, 0) is 38.9 Å². The molecule has 20 heavy (non-hydrogen) atoms. The fourth-order valence-corrected chi connectivity index (χ4v) is 2.18. The van der Waals surface area contributed by atoms with Gasteiger partial charge in [-0.15, -0.1) is 0 Å². The van der Waals surface area contributed by atoms with Crippen molar-refractivity contribution in [1.29, 1.82) is 0 Å². The summed E-state index contributed by atoms with van der Waals surface area (Å²) >= 11 is 0. The lowest BCUT2D eigenvalue weighted by Gasteiger charge is -2.36. The van der Waals surface area contributed by atoms with Crippen molar-refractivity contribution in [3.63, 3.8) is 0 Å². The van der Waals surface area contributed by atoms with Gasteiger partial charge in [-0.25, -0.2) is 4.79 Å². The molecule has 0 spiro atoms. The van der Waals surface area contributed by atoms with E-state index in [1.54, 1.807) is 0 Å². The fraction of sp³-hybridized carbons (Fsp3) is 0.929. The van der Waals surface area contributed by atoms with Crippen molar-refractivity contribution in [1.82, 2.24) is 5.32 Å². The first kappa shape index (κ1) is 19.4. The van der Waals surface area contributed by atoms with Crippen molar-refractivity contribution in [2.75, 3.05) is 13.2 Å². The summed E-state index contributed by atoms with van der Waals surface area (Å²) in [6.45, 7) is 17.2. The van der Waals surface area contributed by atoms with Gasteiger partial charge in [-0.1, -0.05) is 20.8 Å². The molecule has 0 aromatic carbocycles. The third-order valence-electron chi connectivity index (χ3n) is 3.37. The van der Waals surface area contributed by atoms with Crippen molar-refractivity contribution in [3.05, 3.63) is 0 Å². The van der Waals surface area contributed by atoms with Crippen molar-refractivity contribution in [2.45, 2.75) is 71.3 Å². The van der Waals surface area contributed by atoms with E-state index in [9.17, 15) is 4.79 Å². The zero-order valence-electron chi connectivity index (χ0n) is 14.3. The highest BCUT2D eigenvalue weighted by atomic mass is 28.4.